The van der Waals surface area contributed by atoms with E-state index in [1.54, 1.807) is 30.3 Å². The minimum atomic E-state index is -0.343. The zero-order valence-corrected chi connectivity index (χ0v) is 14.0. The molecule has 0 spiro atoms. The van der Waals surface area contributed by atoms with Gasteiger partial charge in [0.2, 0.25) is 11.8 Å². The maximum atomic E-state index is 11.9. The molecule has 1 aliphatic carbocycles. The summed E-state index contributed by atoms with van der Waals surface area (Å²) in [5, 5.41) is 8.13. The van der Waals surface area contributed by atoms with Crippen molar-refractivity contribution in [2.24, 2.45) is 0 Å². The lowest BCUT2D eigenvalue weighted by Crippen LogP contribution is -2.39. The van der Waals surface area contributed by atoms with Crippen molar-refractivity contribution in [3.63, 3.8) is 0 Å². The van der Waals surface area contributed by atoms with Crippen molar-refractivity contribution in [3.05, 3.63) is 41.5 Å². The first-order valence-corrected chi connectivity index (χ1v) is 8.10. The Balaban J connectivity index is 1.79. The molecule has 6 heteroatoms. The zero-order valence-electron chi connectivity index (χ0n) is 14.0. The predicted octanol–water partition coefficient (Wildman–Crippen LogP) is 1.23. The number of benzene rings is 1. The molecule has 2 rings (SSSR count). The fraction of sp³-hybridized carbons (Fsp3) is 0.389. The van der Waals surface area contributed by atoms with Crippen molar-refractivity contribution in [3.8, 4) is 0 Å². The molecule has 6 nitrogen and oxygen atoms in total. The molecule has 0 heterocycles. The van der Waals surface area contributed by atoms with E-state index in [2.05, 4.69) is 16.0 Å². The Kier molecular flexibility index (Phi) is 6.12. The number of carbonyl (C=O) groups excluding carboxylic acids is 3. The molecule has 1 aromatic rings. The standard InChI is InChI=1S/C18H23N3O3/c1-12(2)20-17(23)11-19-16(22)10-5-13-3-6-14(7-4-13)18(24)21-15-8-9-15/h3-7,10,12,15H,8-9,11H2,1-2H3,(H,19,22)(H,20,23)(H,21,24)/b10-5+. The highest BCUT2D eigenvalue weighted by Crippen LogP contribution is 2.19. The quantitative estimate of drug-likeness (QED) is 0.658. The molecular weight excluding hydrogens is 306 g/mol. The van der Waals surface area contributed by atoms with Crippen molar-refractivity contribution in [2.45, 2.75) is 38.8 Å². The van der Waals surface area contributed by atoms with Gasteiger partial charge in [-0.25, -0.2) is 0 Å². The van der Waals surface area contributed by atoms with Crippen molar-refractivity contribution < 1.29 is 14.4 Å². The highest BCUT2D eigenvalue weighted by molar-refractivity contribution is 5.96. The molecule has 24 heavy (non-hydrogen) atoms. The highest BCUT2D eigenvalue weighted by atomic mass is 16.2. The molecule has 0 bridgehead atoms. The first-order chi connectivity index (χ1) is 11.4. The van der Waals surface area contributed by atoms with Crippen LogP contribution in [0.15, 0.2) is 30.3 Å². The maximum Gasteiger partial charge on any atom is 0.251 e. The van der Waals surface area contributed by atoms with Crippen LogP contribution in [0, 0.1) is 0 Å². The van der Waals surface area contributed by atoms with Gasteiger partial charge in [-0.3, -0.25) is 14.4 Å². The molecule has 1 aliphatic rings. The molecule has 128 valence electrons. The Labute approximate surface area is 141 Å². The molecule has 0 aromatic heterocycles. The number of rotatable bonds is 7. The smallest absolute Gasteiger partial charge is 0.251 e. The van der Waals surface area contributed by atoms with Crippen molar-refractivity contribution >= 4 is 23.8 Å². The molecule has 0 saturated heterocycles. The van der Waals surface area contributed by atoms with Crippen molar-refractivity contribution in [1.82, 2.24) is 16.0 Å². The van der Waals surface area contributed by atoms with E-state index < -0.39 is 0 Å². The molecule has 3 N–H and O–H groups in total. The molecule has 1 fully saturated rings. The van der Waals surface area contributed by atoms with Crippen molar-refractivity contribution in [2.75, 3.05) is 6.54 Å². The second-order valence-corrected chi connectivity index (χ2v) is 6.14. The van der Waals surface area contributed by atoms with E-state index in [1.165, 1.54) is 6.08 Å². The second-order valence-electron chi connectivity index (χ2n) is 6.14. The van der Waals surface area contributed by atoms with Gasteiger partial charge in [0, 0.05) is 23.7 Å². The summed E-state index contributed by atoms with van der Waals surface area (Å²) in [5.41, 5.74) is 1.41. The number of amides is 3. The van der Waals surface area contributed by atoms with Crippen LogP contribution in [0.2, 0.25) is 0 Å². The van der Waals surface area contributed by atoms with Gasteiger partial charge < -0.3 is 16.0 Å². The van der Waals surface area contributed by atoms with Gasteiger partial charge >= 0.3 is 0 Å². The summed E-state index contributed by atoms with van der Waals surface area (Å²) in [5.74, 6) is -0.635. The van der Waals surface area contributed by atoms with Gasteiger partial charge in [-0.2, -0.15) is 0 Å². The van der Waals surface area contributed by atoms with Gasteiger partial charge in [0.25, 0.3) is 5.91 Å². The third-order valence-electron chi connectivity index (χ3n) is 3.39. The van der Waals surface area contributed by atoms with Crippen LogP contribution in [0.3, 0.4) is 0 Å². The minimum Gasteiger partial charge on any atom is -0.352 e. The van der Waals surface area contributed by atoms with E-state index in [0.717, 1.165) is 18.4 Å². The van der Waals surface area contributed by atoms with Crippen LogP contribution in [0.25, 0.3) is 6.08 Å². The van der Waals surface area contributed by atoms with E-state index in [4.69, 9.17) is 0 Å². The zero-order chi connectivity index (χ0) is 17.5. The van der Waals surface area contributed by atoms with Crippen molar-refractivity contribution in [1.29, 1.82) is 0 Å². The largest absolute Gasteiger partial charge is 0.352 e. The summed E-state index contributed by atoms with van der Waals surface area (Å²) in [6.45, 7) is 3.66. The predicted molar refractivity (Wildman–Crippen MR) is 92.3 cm³/mol. The SMILES string of the molecule is CC(C)NC(=O)CNC(=O)/C=C/c1ccc(C(=O)NC2CC2)cc1. The van der Waals surface area contributed by atoms with Gasteiger partial charge in [0.15, 0.2) is 0 Å². The molecule has 0 radical (unpaired) electrons. The summed E-state index contributed by atoms with van der Waals surface area (Å²) < 4.78 is 0. The third-order valence-corrected chi connectivity index (χ3v) is 3.39. The Bertz CT molecular complexity index is 631. The molecule has 0 unspecified atom stereocenters. The van der Waals surface area contributed by atoms with Gasteiger partial charge in [0.1, 0.15) is 0 Å². The molecular formula is C18H23N3O3. The fourth-order valence-corrected chi connectivity index (χ4v) is 2.01. The number of hydrogen-bond donors (Lipinski definition) is 3. The second kappa shape index (κ2) is 8.29. The average Bonchev–Trinajstić information content (AvgIpc) is 3.34. The van der Waals surface area contributed by atoms with Crippen LogP contribution in [0.4, 0.5) is 0 Å². The monoisotopic (exact) mass is 329 g/mol. The van der Waals surface area contributed by atoms with Gasteiger partial charge in [-0.15, -0.1) is 0 Å². The normalized spacial score (nSPS) is 13.8. The lowest BCUT2D eigenvalue weighted by Gasteiger charge is -2.08. The Morgan fingerprint density at radius 1 is 1.17 bits per heavy atom. The molecule has 1 saturated carbocycles. The first kappa shape index (κ1) is 17.7. The molecule has 0 atom stereocenters. The summed E-state index contributed by atoms with van der Waals surface area (Å²) in [7, 11) is 0. The average molecular weight is 329 g/mol. The van der Waals surface area contributed by atoms with Gasteiger partial charge in [0.05, 0.1) is 6.54 Å². The maximum absolute atomic E-state index is 11.9. The lowest BCUT2D eigenvalue weighted by atomic mass is 10.1. The lowest BCUT2D eigenvalue weighted by molar-refractivity contribution is -0.124. The summed E-state index contributed by atoms with van der Waals surface area (Å²) >= 11 is 0. The third kappa shape index (κ3) is 6.24. The van der Waals surface area contributed by atoms with Crippen LogP contribution in [-0.2, 0) is 9.59 Å². The van der Waals surface area contributed by atoms with Crippen LogP contribution in [0.5, 0.6) is 0 Å². The molecule has 3 amide bonds. The Morgan fingerprint density at radius 2 is 1.83 bits per heavy atom. The van der Waals surface area contributed by atoms with Crippen LogP contribution in [0.1, 0.15) is 42.6 Å². The van der Waals surface area contributed by atoms with Gasteiger partial charge in [-0.1, -0.05) is 12.1 Å². The van der Waals surface area contributed by atoms with E-state index >= 15 is 0 Å². The van der Waals surface area contributed by atoms with E-state index in [-0.39, 0.29) is 30.3 Å². The van der Waals surface area contributed by atoms with E-state index in [1.807, 2.05) is 13.8 Å². The number of hydrogen-bond acceptors (Lipinski definition) is 3. The van der Waals surface area contributed by atoms with E-state index in [0.29, 0.717) is 11.6 Å². The molecule has 1 aromatic carbocycles. The number of carbonyl (C=O) groups is 3. The fourth-order valence-electron chi connectivity index (χ4n) is 2.01. The van der Waals surface area contributed by atoms with Gasteiger partial charge in [-0.05, 0) is 50.5 Å². The van der Waals surface area contributed by atoms with Crippen LogP contribution < -0.4 is 16.0 Å². The summed E-state index contributed by atoms with van der Waals surface area (Å²) in [6, 6.07) is 7.37. The Hall–Kier alpha value is -2.63. The number of nitrogens with one attached hydrogen (secondary N) is 3. The highest BCUT2D eigenvalue weighted by Gasteiger charge is 2.23. The van der Waals surface area contributed by atoms with E-state index in [9.17, 15) is 14.4 Å². The first-order valence-electron chi connectivity index (χ1n) is 8.10. The topological polar surface area (TPSA) is 87.3 Å². The summed E-state index contributed by atoms with van der Waals surface area (Å²) in [4.78, 5) is 35.0. The Morgan fingerprint density at radius 3 is 2.42 bits per heavy atom. The minimum absolute atomic E-state index is 0.0422. The molecule has 0 aliphatic heterocycles. The van der Waals surface area contributed by atoms with Crippen LogP contribution in [-0.4, -0.2) is 36.3 Å². The summed E-state index contributed by atoms with van der Waals surface area (Å²) in [6.07, 6.45) is 5.11. The van der Waals surface area contributed by atoms with Crippen LogP contribution >= 0.6 is 0 Å².